The molecule has 0 bridgehead atoms. The second-order valence-corrected chi connectivity index (χ2v) is 6.22. The molecule has 0 aliphatic heterocycles. The van der Waals surface area contributed by atoms with Crippen LogP contribution in [0, 0.1) is 6.92 Å². The standard InChI is InChI=1S/C22H18N4O/c1-16-9-8-12-18(15-16)23-22(27)20-21(17-10-4-2-5-11-17)26(25-24-20)19-13-6-3-7-14-19/h2-15H,1H3,(H,23,27). The highest BCUT2D eigenvalue weighted by molar-refractivity contribution is 6.06. The molecule has 0 unspecified atom stereocenters. The van der Waals surface area contributed by atoms with Gasteiger partial charge in [-0.25, -0.2) is 4.68 Å². The lowest BCUT2D eigenvalue weighted by Crippen LogP contribution is -2.14. The fraction of sp³-hybridized carbons (Fsp3) is 0.0455. The molecule has 0 aliphatic rings. The van der Waals surface area contributed by atoms with Gasteiger partial charge < -0.3 is 5.32 Å². The first-order valence-corrected chi connectivity index (χ1v) is 8.67. The van der Waals surface area contributed by atoms with E-state index in [1.807, 2.05) is 91.9 Å². The Bertz CT molecular complexity index is 1070. The molecule has 0 atom stereocenters. The van der Waals surface area contributed by atoms with Crippen LogP contribution >= 0.6 is 0 Å². The summed E-state index contributed by atoms with van der Waals surface area (Å²) < 4.78 is 1.69. The fourth-order valence-electron chi connectivity index (χ4n) is 2.95. The van der Waals surface area contributed by atoms with Gasteiger partial charge in [0.1, 0.15) is 5.69 Å². The van der Waals surface area contributed by atoms with Gasteiger partial charge in [0.05, 0.1) is 5.69 Å². The summed E-state index contributed by atoms with van der Waals surface area (Å²) in [6.07, 6.45) is 0. The lowest BCUT2D eigenvalue weighted by atomic mass is 10.1. The SMILES string of the molecule is Cc1cccc(NC(=O)c2nnn(-c3ccccc3)c2-c2ccccc2)c1. The quantitative estimate of drug-likeness (QED) is 0.587. The van der Waals surface area contributed by atoms with E-state index in [1.54, 1.807) is 4.68 Å². The van der Waals surface area contributed by atoms with E-state index in [-0.39, 0.29) is 11.6 Å². The molecular weight excluding hydrogens is 336 g/mol. The predicted octanol–water partition coefficient (Wildman–Crippen LogP) is 4.50. The van der Waals surface area contributed by atoms with E-state index < -0.39 is 0 Å². The third kappa shape index (κ3) is 3.48. The number of benzene rings is 3. The first-order chi connectivity index (χ1) is 13.2. The third-order valence-electron chi connectivity index (χ3n) is 4.21. The maximum Gasteiger partial charge on any atom is 0.278 e. The average Bonchev–Trinajstić information content (AvgIpc) is 3.15. The largest absolute Gasteiger partial charge is 0.321 e. The topological polar surface area (TPSA) is 59.8 Å². The van der Waals surface area contributed by atoms with E-state index in [4.69, 9.17) is 0 Å². The molecule has 4 rings (SSSR count). The number of aromatic nitrogens is 3. The van der Waals surface area contributed by atoms with Gasteiger partial charge in [-0.3, -0.25) is 4.79 Å². The van der Waals surface area contributed by atoms with E-state index in [9.17, 15) is 4.79 Å². The number of hydrogen-bond acceptors (Lipinski definition) is 3. The summed E-state index contributed by atoms with van der Waals surface area (Å²) in [7, 11) is 0. The fourth-order valence-corrected chi connectivity index (χ4v) is 2.95. The van der Waals surface area contributed by atoms with Crippen LogP contribution in [-0.2, 0) is 0 Å². The number of carbonyl (C=O) groups excluding carboxylic acids is 1. The van der Waals surface area contributed by atoms with Crippen LogP contribution < -0.4 is 5.32 Å². The highest BCUT2D eigenvalue weighted by Crippen LogP contribution is 2.26. The van der Waals surface area contributed by atoms with Crippen LogP contribution in [0.3, 0.4) is 0 Å². The van der Waals surface area contributed by atoms with Crippen molar-refractivity contribution in [2.45, 2.75) is 6.92 Å². The number of aryl methyl sites for hydroxylation is 1. The normalized spacial score (nSPS) is 10.6. The molecule has 0 saturated heterocycles. The second-order valence-electron chi connectivity index (χ2n) is 6.22. The lowest BCUT2D eigenvalue weighted by Gasteiger charge is -2.09. The zero-order valence-electron chi connectivity index (χ0n) is 14.8. The monoisotopic (exact) mass is 354 g/mol. The van der Waals surface area contributed by atoms with Crippen molar-refractivity contribution in [3.05, 3.63) is 96.2 Å². The summed E-state index contributed by atoms with van der Waals surface area (Å²) in [5, 5.41) is 11.4. The van der Waals surface area contributed by atoms with Gasteiger partial charge in [0, 0.05) is 11.3 Å². The summed E-state index contributed by atoms with van der Waals surface area (Å²) in [4.78, 5) is 12.9. The number of nitrogens with zero attached hydrogens (tertiary/aromatic N) is 3. The number of nitrogens with one attached hydrogen (secondary N) is 1. The summed E-state index contributed by atoms with van der Waals surface area (Å²) in [6.45, 7) is 1.98. The van der Waals surface area contributed by atoms with Gasteiger partial charge in [-0.05, 0) is 36.8 Å². The smallest absolute Gasteiger partial charge is 0.278 e. The number of amides is 1. The molecule has 5 heteroatoms. The Balaban J connectivity index is 1.79. The van der Waals surface area contributed by atoms with Gasteiger partial charge in [0.2, 0.25) is 0 Å². The van der Waals surface area contributed by atoms with Crippen molar-refractivity contribution in [2.24, 2.45) is 0 Å². The summed E-state index contributed by atoms with van der Waals surface area (Å²) in [6, 6.07) is 27.0. The Hall–Kier alpha value is -3.73. The molecule has 132 valence electrons. The zero-order valence-corrected chi connectivity index (χ0v) is 14.8. The first kappa shape index (κ1) is 16.7. The van der Waals surface area contributed by atoms with Crippen LogP contribution in [-0.4, -0.2) is 20.9 Å². The molecule has 5 nitrogen and oxygen atoms in total. The minimum Gasteiger partial charge on any atom is -0.321 e. The Labute approximate surface area is 157 Å². The Kier molecular flexibility index (Phi) is 4.49. The van der Waals surface area contributed by atoms with Gasteiger partial charge >= 0.3 is 0 Å². The Morgan fingerprint density at radius 1 is 0.889 bits per heavy atom. The van der Waals surface area contributed by atoms with Crippen molar-refractivity contribution >= 4 is 11.6 Å². The van der Waals surface area contributed by atoms with E-state index in [0.717, 1.165) is 22.5 Å². The second kappa shape index (κ2) is 7.25. The highest BCUT2D eigenvalue weighted by atomic mass is 16.2. The van der Waals surface area contributed by atoms with Crippen LogP contribution in [0.25, 0.3) is 16.9 Å². The highest BCUT2D eigenvalue weighted by Gasteiger charge is 2.22. The van der Waals surface area contributed by atoms with Gasteiger partial charge in [-0.1, -0.05) is 65.9 Å². The van der Waals surface area contributed by atoms with Crippen LogP contribution in [0.2, 0.25) is 0 Å². The zero-order chi connectivity index (χ0) is 18.6. The van der Waals surface area contributed by atoms with Crippen LogP contribution in [0.4, 0.5) is 5.69 Å². The molecule has 1 aromatic heterocycles. The minimum absolute atomic E-state index is 0.284. The number of anilines is 1. The van der Waals surface area contributed by atoms with Gasteiger partial charge in [-0.15, -0.1) is 5.10 Å². The van der Waals surface area contributed by atoms with Gasteiger partial charge in [0.15, 0.2) is 5.69 Å². The molecular formula is C22H18N4O. The number of hydrogen-bond donors (Lipinski definition) is 1. The van der Waals surface area contributed by atoms with E-state index in [0.29, 0.717) is 5.69 Å². The molecule has 1 N–H and O–H groups in total. The molecule has 0 fully saturated rings. The van der Waals surface area contributed by atoms with Crippen molar-refractivity contribution in [3.8, 4) is 16.9 Å². The molecule has 0 spiro atoms. The molecule has 0 radical (unpaired) electrons. The van der Waals surface area contributed by atoms with Crippen LogP contribution in [0.15, 0.2) is 84.9 Å². The van der Waals surface area contributed by atoms with Crippen molar-refractivity contribution in [1.29, 1.82) is 0 Å². The minimum atomic E-state index is -0.290. The Morgan fingerprint density at radius 2 is 1.59 bits per heavy atom. The van der Waals surface area contributed by atoms with Gasteiger partial charge in [-0.2, -0.15) is 0 Å². The number of carbonyl (C=O) groups is 1. The molecule has 1 heterocycles. The molecule has 27 heavy (non-hydrogen) atoms. The lowest BCUT2D eigenvalue weighted by molar-refractivity contribution is 0.102. The van der Waals surface area contributed by atoms with Crippen molar-refractivity contribution < 1.29 is 4.79 Å². The van der Waals surface area contributed by atoms with E-state index >= 15 is 0 Å². The third-order valence-corrected chi connectivity index (χ3v) is 4.21. The first-order valence-electron chi connectivity index (χ1n) is 8.67. The Morgan fingerprint density at radius 3 is 2.30 bits per heavy atom. The van der Waals surface area contributed by atoms with Crippen molar-refractivity contribution in [2.75, 3.05) is 5.32 Å². The molecule has 0 aliphatic carbocycles. The maximum absolute atomic E-state index is 12.9. The number of para-hydroxylation sites is 1. The molecule has 3 aromatic carbocycles. The molecule has 0 saturated carbocycles. The predicted molar refractivity (Wildman–Crippen MR) is 106 cm³/mol. The maximum atomic E-state index is 12.9. The number of rotatable bonds is 4. The van der Waals surface area contributed by atoms with Crippen LogP contribution in [0.5, 0.6) is 0 Å². The summed E-state index contributed by atoms with van der Waals surface area (Å²) in [5.41, 5.74) is 4.47. The summed E-state index contributed by atoms with van der Waals surface area (Å²) >= 11 is 0. The molecule has 1 amide bonds. The van der Waals surface area contributed by atoms with E-state index in [2.05, 4.69) is 15.6 Å². The van der Waals surface area contributed by atoms with Crippen molar-refractivity contribution in [1.82, 2.24) is 15.0 Å². The van der Waals surface area contributed by atoms with E-state index in [1.165, 1.54) is 0 Å². The van der Waals surface area contributed by atoms with Crippen molar-refractivity contribution in [3.63, 3.8) is 0 Å². The summed E-state index contributed by atoms with van der Waals surface area (Å²) in [5.74, 6) is -0.290. The molecule has 4 aromatic rings. The van der Waals surface area contributed by atoms with Crippen LogP contribution in [0.1, 0.15) is 16.1 Å². The van der Waals surface area contributed by atoms with Gasteiger partial charge in [0.25, 0.3) is 5.91 Å². The average molecular weight is 354 g/mol.